The monoisotopic (exact) mass is 373 g/mol. The van der Waals surface area contributed by atoms with Gasteiger partial charge in [-0.15, -0.1) is 0 Å². The van der Waals surface area contributed by atoms with Crippen molar-refractivity contribution in [2.75, 3.05) is 13.2 Å². The lowest BCUT2D eigenvalue weighted by Crippen LogP contribution is -2.41. The summed E-state index contributed by atoms with van der Waals surface area (Å²) < 4.78 is 77.4. The first-order valence-corrected chi connectivity index (χ1v) is 7.54. The SMILES string of the molecule is O=C(Cc1c(F)c(F)c(F)c(F)c1F)NCC1COc2ccccc2O1. The van der Waals surface area contributed by atoms with E-state index in [-0.39, 0.29) is 13.2 Å². The third kappa shape index (κ3) is 3.42. The number of carbonyl (C=O) groups excluding carboxylic acids is 1. The summed E-state index contributed by atoms with van der Waals surface area (Å²) in [6.07, 6.45) is -1.57. The minimum absolute atomic E-state index is 0.0669. The van der Waals surface area contributed by atoms with Crippen molar-refractivity contribution < 1.29 is 36.2 Å². The Balaban J connectivity index is 1.62. The molecule has 1 amide bonds. The van der Waals surface area contributed by atoms with Gasteiger partial charge in [0, 0.05) is 5.56 Å². The van der Waals surface area contributed by atoms with Crippen LogP contribution in [0.15, 0.2) is 24.3 Å². The van der Waals surface area contributed by atoms with Crippen LogP contribution in [0, 0.1) is 29.1 Å². The van der Waals surface area contributed by atoms with Gasteiger partial charge in [-0.3, -0.25) is 4.79 Å². The predicted molar refractivity (Wildman–Crippen MR) is 79.3 cm³/mol. The van der Waals surface area contributed by atoms with Crippen molar-refractivity contribution in [3.63, 3.8) is 0 Å². The highest BCUT2D eigenvalue weighted by atomic mass is 19.2. The number of benzene rings is 2. The molecule has 0 spiro atoms. The fraction of sp³-hybridized carbons (Fsp3) is 0.235. The number of rotatable bonds is 4. The maximum atomic E-state index is 13.6. The molecule has 0 saturated carbocycles. The van der Waals surface area contributed by atoms with Gasteiger partial charge in [-0.1, -0.05) is 12.1 Å². The molecule has 0 aromatic heterocycles. The second kappa shape index (κ2) is 7.19. The first kappa shape index (κ1) is 18.0. The Morgan fingerprint density at radius 3 is 2.19 bits per heavy atom. The minimum Gasteiger partial charge on any atom is -0.486 e. The molecule has 2 aromatic rings. The van der Waals surface area contributed by atoms with Gasteiger partial charge in [0.25, 0.3) is 0 Å². The zero-order valence-electron chi connectivity index (χ0n) is 13.1. The first-order chi connectivity index (χ1) is 12.4. The first-order valence-electron chi connectivity index (χ1n) is 7.54. The summed E-state index contributed by atoms with van der Waals surface area (Å²) in [5.74, 6) is -10.4. The molecule has 0 bridgehead atoms. The largest absolute Gasteiger partial charge is 0.486 e. The number of para-hydroxylation sites is 2. The van der Waals surface area contributed by atoms with Crippen molar-refractivity contribution in [2.45, 2.75) is 12.5 Å². The molecular weight excluding hydrogens is 361 g/mol. The molecule has 9 heteroatoms. The molecule has 0 fully saturated rings. The highest BCUT2D eigenvalue weighted by Crippen LogP contribution is 2.30. The summed E-state index contributed by atoms with van der Waals surface area (Å²) in [4.78, 5) is 11.8. The number of hydrogen-bond acceptors (Lipinski definition) is 3. The van der Waals surface area contributed by atoms with Gasteiger partial charge >= 0.3 is 0 Å². The molecule has 26 heavy (non-hydrogen) atoms. The van der Waals surface area contributed by atoms with Gasteiger partial charge in [-0.2, -0.15) is 0 Å². The van der Waals surface area contributed by atoms with Crippen LogP contribution < -0.4 is 14.8 Å². The van der Waals surface area contributed by atoms with Crippen LogP contribution >= 0.6 is 0 Å². The maximum Gasteiger partial charge on any atom is 0.224 e. The van der Waals surface area contributed by atoms with E-state index in [9.17, 15) is 26.7 Å². The lowest BCUT2D eigenvalue weighted by molar-refractivity contribution is -0.121. The molecule has 1 N–H and O–H groups in total. The summed E-state index contributed by atoms with van der Waals surface area (Å²) in [5, 5.41) is 2.32. The Kier molecular flexibility index (Phi) is 4.97. The molecule has 3 rings (SSSR count). The smallest absolute Gasteiger partial charge is 0.224 e. The third-order valence-corrected chi connectivity index (χ3v) is 3.73. The predicted octanol–water partition coefficient (Wildman–Crippen LogP) is 2.88. The maximum absolute atomic E-state index is 13.6. The summed E-state index contributed by atoms with van der Waals surface area (Å²) in [5.41, 5.74) is -1.19. The number of amides is 1. The number of carbonyl (C=O) groups is 1. The molecule has 1 unspecified atom stereocenters. The number of halogens is 5. The van der Waals surface area contributed by atoms with Gasteiger partial charge in [-0.25, -0.2) is 22.0 Å². The molecule has 4 nitrogen and oxygen atoms in total. The van der Waals surface area contributed by atoms with E-state index in [2.05, 4.69) is 5.32 Å². The highest BCUT2D eigenvalue weighted by molar-refractivity contribution is 5.78. The molecule has 1 atom stereocenters. The molecule has 0 radical (unpaired) electrons. The van der Waals surface area contributed by atoms with Crippen LogP contribution in [0.5, 0.6) is 11.5 Å². The average molecular weight is 373 g/mol. The lowest BCUT2D eigenvalue weighted by Gasteiger charge is -2.26. The summed E-state index contributed by atoms with van der Waals surface area (Å²) in [6, 6.07) is 6.85. The normalized spacial score (nSPS) is 15.7. The molecule has 1 aliphatic heterocycles. The Morgan fingerprint density at radius 1 is 0.962 bits per heavy atom. The topological polar surface area (TPSA) is 47.6 Å². The number of hydrogen-bond donors (Lipinski definition) is 1. The van der Waals surface area contributed by atoms with E-state index in [1.165, 1.54) is 0 Å². The van der Waals surface area contributed by atoms with Gasteiger partial charge < -0.3 is 14.8 Å². The van der Waals surface area contributed by atoms with Crippen LogP contribution in [-0.4, -0.2) is 25.2 Å². The van der Waals surface area contributed by atoms with Crippen LogP contribution in [0.2, 0.25) is 0 Å². The Bertz CT molecular complexity index is 830. The Hall–Kier alpha value is -2.84. The van der Waals surface area contributed by atoms with E-state index in [0.717, 1.165) is 0 Å². The fourth-order valence-electron chi connectivity index (χ4n) is 2.42. The van der Waals surface area contributed by atoms with Crippen LogP contribution in [-0.2, 0) is 11.2 Å². The highest BCUT2D eigenvalue weighted by Gasteiger charge is 2.27. The number of ether oxygens (including phenoxy) is 2. The molecule has 0 saturated heterocycles. The standard InChI is InChI=1S/C17H12F5NO3/c18-13-9(14(19)16(21)17(22)15(13)20)5-12(24)23-6-8-7-25-10-3-1-2-4-11(10)26-8/h1-4,8H,5-7H2,(H,23,24). The Labute approximate surface area is 144 Å². The second-order valence-electron chi connectivity index (χ2n) is 5.53. The van der Waals surface area contributed by atoms with Gasteiger partial charge in [0.15, 0.2) is 34.8 Å². The Morgan fingerprint density at radius 2 is 1.54 bits per heavy atom. The zero-order chi connectivity index (χ0) is 18.8. The van der Waals surface area contributed by atoms with E-state index in [1.54, 1.807) is 24.3 Å². The van der Waals surface area contributed by atoms with Gasteiger partial charge in [-0.05, 0) is 12.1 Å². The van der Waals surface area contributed by atoms with Crippen molar-refractivity contribution in [1.29, 1.82) is 0 Å². The van der Waals surface area contributed by atoms with Crippen molar-refractivity contribution in [3.05, 3.63) is 58.9 Å². The molecule has 138 valence electrons. The van der Waals surface area contributed by atoms with E-state index in [1.807, 2.05) is 0 Å². The second-order valence-corrected chi connectivity index (χ2v) is 5.53. The van der Waals surface area contributed by atoms with Crippen LogP contribution in [0.25, 0.3) is 0 Å². The fourth-order valence-corrected chi connectivity index (χ4v) is 2.42. The quantitative estimate of drug-likeness (QED) is 0.509. The number of fused-ring (bicyclic) bond motifs is 1. The van der Waals surface area contributed by atoms with Gasteiger partial charge in [0.2, 0.25) is 11.7 Å². The van der Waals surface area contributed by atoms with Crippen LogP contribution in [0.4, 0.5) is 22.0 Å². The van der Waals surface area contributed by atoms with Gasteiger partial charge in [0.05, 0.1) is 13.0 Å². The van der Waals surface area contributed by atoms with E-state index < -0.39 is 53.1 Å². The van der Waals surface area contributed by atoms with Crippen molar-refractivity contribution in [2.24, 2.45) is 0 Å². The minimum atomic E-state index is -2.27. The van der Waals surface area contributed by atoms with E-state index in [4.69, 9.17) is 9.47 Å². The van der Waals surface area contributed by atoms with Crippen LogP contribution in [0.1, 0.15) is 5.56 Å². The lowest BCUT2D eigenvalue weighted by atomic mass is 10.1. The third-order valence-electron chi connectivity index (χ3n) is 3.73. The molecule has 1 aliphatic rings. The van der Waals surface area contributed by atoms with Crippen LogP contribution in [0.3, 0.4) is 0 Å². The zero-order valence-corrected chi connectivity index (χ0v) is 13.1. The summed E-state index contributed by atoms with van der Waals surface area (Å²) >= 11 is 0. The summed E-state index contributed by atoms with van der Waals surface area (Å²) in [6.45, 7) is 0.0579. The van der Waals surface area contributed by atoms with Crippen molar-refractivity contribution in [1.82, 2.24) is 5.32 Å². The van der Waals surface area contributed by atoms with Gasteiger partial charge in [0.1, 0.15) is 12.7 Å². The van der Waals surface area contributed by atoms with Crippen molar-refractivity contribution >= 4 is 5.91 Å². The average Bonchev–Trinajstić information content (AvgIpc) is 2.66. The molecule has 0 aliphatic carbocycles. The molecule has 1 heterocycles. The van der Waals surface area contributed by atoms with E-state index >= 15 is 0 Å². The molecular formula is C17H12F5NO3. The van der Waals surface area contributed by atoms with E-state index in [0.29, 0.717) is 11.5 Å². The van der Waals surface area contributed by atoms with Crippen molar-refractivity contribution in [3.8, 4) is 11.5 Å². The number of nitrogens with one attached hydrogen (secondary N) is 1. The molecule has 2 aromatic carbocycles. The summed E-state index contributed by atoms with van der Waals surface area (Å²) in [7, 11) is 0.